The smallest absolute Gasteiger partial charge is 0.293 e. The van der Waals surface area contributed by atoms with Gasteiger partial charge in [0.25, 0.3) is 5.69 Å². The molecule has 0 radical (unpaired) electrons. The zero-order valence-corrected chi connectivity index (χ0v) is 14.5. The minimum absolute atomic E-state index is 0.0271. The summed E-state index contributed by atoms with van der Waals surface area (Å²) in [6.07, 6.45) is 2.04. The van der Waals surface area contributed by atoms with Gasteiger partial charge in [0.1, 0.15) is 5.69 Å². The van der Waals surface area contributed by atoms with Gasteiger partial charge >= 0.3 is 0 Å². The molecule has 1 aliphatic rings. The lowest BCUT2D eigenvalue weighted by Gasteiger charge is -2.29. The van der Waals surface area contributed by atoms with Gasteiger partial charge in [-0.25, -0.2) is 8.42 Å². The zero-order valence-electron chi connectivity index (χ0n) is 13.6. The zero-order chi connectivity index (χ0) is 17.7. The maximum Gasteiger partial charge on any atom is 0.293 e. The number of hydrogen-bond acceptors (Lipinski definition) is 6. The molecule has 0 atom stereocenters. The first-order valence-corrected chi connectivity index (χ1v) is 9.43. The van der Waals surface area contributed by atoms with Crippen LogP contribution in [-0.2, 0) is 10.0 Å². The van der Waals surface area contributed by atoms with E-state index in [0.717, 1.165) is 18.9 Å². The van der Waals surface area contributed by atoms with E-state index in [1.165, 1.54) is 16.4 Å². The second kappa shape index (κ2) is 7.91. The van der Waals surface area contributed by atoms with Gasteiger partial charge in [-0.2, -0.15) is 4.31 Å². The molecule has 0 bridgehead atoms. The quantitative estimate of drug-likeness (QED) is 0.437. The van der Waals surface area contributed by atoms with Gasteiger partial charge in [-0.3, -0.25) is 10.1 Å². The Hall–Kier alpha value is -1.71. The molecule has 9 heteroatoms. The van der Waals surface area contributed by atoms with E-state index in [1.54, 1.807) is 0 Å². The van der Waals surface area contributed by atoms with E-state index in [4.69, 9.17) is 5.11 Å². The number of nitro groups is 1. The number of piperidine rings is 1. The van der Waals surface area contributed by atoms with E-state index < -0.39 is 14.9 Å². The van der Waals surface area contributed by atoms with Gasteiger partial charge in [0, 0.05) is 32.3 Å². The van der Waals surface area contributed by atoms with Crippen LogP contribution in [0.3, 0.4) is 0 Å². The van der Waals surface area contributed by atoms with Crippen LogP contribution < -0.4 is 5.32 Å². The lowest BCUT2D eigenvalue weighted by atomic mass is 10.0. The second-order valence-corrected chi connectivity index (χ2v) is 7.96. The number of aliphatic hydroxyl groups excluding tert-OH is 1. The van der Waals surface area contributed by atoms with Crippen LogP contribution in [0.1, 0.15) is 26.2 Å². The van der Waals surface area contributed by atoms with Crippen molar-refractivity contribution >= 4 is 21.4 Å². The lowest BCUT2D eigenvalue weighted by Crippen LogP contribution is -2.37. The molecule has 1 heterocycles. The predicted octanol–water partition coefficient (Wildman–Crippen LogP) is 1.81. The predicted molar refractivity (Wildman–Crippen MR) is 90.4 cm³/mol. The lowest BCUT2D eigenvalue weighted by molar-refractivity contribution is -0.384. The Morgan fingerprint density at radius 2 is 2.04 bits per heavy atom. The molecule has 134 valence electrons. The maximum atomic E-state index is 12.7. The Balaban J connectivity index is 2.26. The van der Waals surface area contributed by atoms with Crippen molar-refractivity contribution in [3.05, 3.63) is 28.3 Å². The van der Waals surface area contributed by atoms with Crippen LogP contribution in [0.5, 0.6) is 0 Å². The summed E-state index contributed by atoms with van der Waals surface area (Å²) < 4.78 is 26.8. The highest BCUT2D eigenvalue weighted by molar-refractivity contribution is 7.89. The summed E-state index contributed by atoms with van der Waals surface area (Å²) in [6.45, 7) is 3.30. The molecule has 1 aromatic carbocycles. The van der Waals surface area contributed by atoms with E-state index in [-0.39, 0.29) is 22.9 Å². The van der Waals surface area contributed by atoms with Crippen LogP contribution in [0.15, 0.2) is 23.1 Å². The topological polar surface area (TPSA) is 113 Å². The monoisotopic (exact) mass is 357 g/mol. The van der Waals surface area contributed by atoms with E-state index >= 15 is 0 Å². The van der Waals surface area contributed by atoms with Crippen LogP contribution in [0.4, 0.5) is 11.4 Å². The van der Waals surface area contributed by atoms with Crippen LogP contribution in [-0.4, -0.2) is 49.0 Å². The van der Waals surface area contributed by atoms with Crippen molar-refractivity contribution in [2.75, 3.05) is 31.6 Å². The summed E-state index contributed by atoms with van der Waals surface area (Å²) in [5.41, 5.74) is -0.0286. The fourth-order valence-electron chi connectivity index (χ4n) is 2.65. The highest BCUT2D eigenvalue weighted by Gasteiger charge is 2.30. The van der Waals surface area contributed by atoms with E-state index in [1.807, 2.05) is 0 Å². The molecule has 1 fully saturated rings. The highest BCUT2D eigenvalue weighted by atomic mass is 32.2. The molecule has 0 unspecified atom stereocenters. The first-order valence-electron chi connectivity index (χ1n) is 7.99. The van der Waals surface area contributed by atoms with E-state index in [0.29, 0.717) is 32.0 Å². The molecule has 24 heavy (non-hydrogen) atoms. The van der Waals surface area contributed by atoms with Gasteiger partial charge in [-0.1, -0.05) is 6.92 Å². The van der Waals surface area contributed by atoms with Gasteiger partial charge in [-0.15, -0.1) is 0 Å². The summed E-state index contributed by atoms with van der Waals surface area (Å²) >= 11 is 0. The standard InChI is InChI=1S/C15H23N3O5S/c1-12-5-8-17(9-6-12)24(22,23)13-3-4-14(16-7-2-10-19)15(11-13)18(20)21/h3-4,11-12,16,19H,2,5-10H2,1H3. The van der Waals surface area contributed by atoms with Gasteiger partial charge in [0.15, 0.2) is 0 Å². The van der Waals surface area contributed by atoms with Gasteiger partial charge in [0.05, 0.1) is 9.82 Å². The molecule has 2 rings (SSSR count). The molecule has 1 aromatic rings. The number of nitrogens with zero attached hydrogens (tertiary/aromatic N) is 2. The normalized spacial score (nSPS) is 16.9. The van der Waals surface area contributed by atoms with E-state index in [2.05, 4.69) is 12.2 Å². The molecule has 1 aliphatic heterocycles. The fourth-order valence-corrected chi connectivity index (χ4v) is 4.14. The van der Waals surface area contributed by atoms with Crippen molar-refractivity contribution in [3.63, 3.8) is 0 Å². The molecular weight excluding hydrogens is 334 g/mol. The highest BCUT2D eigenvalue weighted by Crippen LogP contribution is 2.30. The van der Waals surface area contributed by atoms with Crippen molar-refractivity contribution in [1.29, 1.82) is 0 Å². The van der Waals surface area contributed by atoms with Gasteiger partial charge in [-0.05, 0) is 37.3 Å². The number of nitrogens with one attached hydrogen (secondary N) is 1. The second-order valence-electron chi connectivity index (χ2n) is 6.03. The molecule has 2 N–H and O–H groups in total. The fraction of sp³-hybridized carbons (Fsp3) is 0.600. The third-order valence-corrected chi connectivity index (χ3v) is 6.09. The molecular formula is C15H23N3O5S. The van der Waals surface area contributed by atoms with Crippen molar-refractivity contribution in [2.45, 2.75) is 31.1 Å². The van der Waals surface area contributed by atoms with Gasteiger partial charge < -0.3 is 10.4 Å². The maximum absolute atomic E-state index is 12.7. The van der Waals surface area contributed by atoms with Crippen LogP contribution in [0, 0.1) is 16.0 Å². The number of hydrogen-bond donors (Lipinski definition) is 2. The van der Waals surface area contributed by atoms with Crippen LogP contribution in [0.25, 0.3) is 0 Å². The Bertz CT molecular complexity index is 684. The SMILES string of the molecule is CC1CCN(S(=O)(=O)c2ccc(NCCCO)c([N+](=O)[O-])c2)CC1. The summed E-state index contributed by atoms with van der Waals surface area (Å²) in [5, 5.41) is 22.9. The van der Waals surface area contributed by atoms with Crippen molar-refractivity contribution in [1.82, 2.24) is 4.31 Å². The molecule has 0 aliphatic carbocycles. The third kappa shape index (κ3) is 4.22. The Morgan fingerprint density at radius 3 is 2.62 bits per heavy atom. The molecule has 0 amide bonds. The largest absolute Gasteiger partial charge is 0.396 e. The first-order chi connectivity index (χ1) is 11.4. The number of benzene rings is 1. The summed E-state index contributed by atoms with van der Waals surface area (Å²) in [7, 11) is -3.72. The van der Waals surface area contributed by atoms with Crippen molar-refractivity contribution in [2.24, 2.45) is 5.92 Å². The average Bonchev–Trinajstić information content (AvgIpc) is 2.55. The summed E-state index contributed by atoms with van der Waals surface area (Å²) in [5.74, 6) is 0.490. The number of anilines is 1. The molecule has 8 nitrogen and oxygen atoms in total. The Kier molecular flexibility index (Phi) is 6.14. The molecule has 0 saturated carbocycles. The molecule has 0 aromatic heterocycles. The number of sulfonamides is 1. The number of rotatable bonds is 7. The van der Waals surface area contributed by atoms with Crippen LogP contribution in [0.2, 0.25) is 0 Å². The molecule has 1 saturated heterocycles. The average molecular weight is 357 g/mol. The summed E-state index contributed by atoms with van der Waals surface area (Å²) in [6, 6.07) is 3.91. The minimum Gasteiger partial charge on any atom is -0.396 e. The summed E-state index contributed by atoms with van der Waals surface area (Å²) in [4.78, 5) is 10.6. The Labute approximate surface area is 141 Å². The van der Waals surface area contributed by atoms with Crippen LogP contribution >= 0.6 is 0 Å². The van der Waals surface area contributed by atoms with Crippen molar-refractivity contribution < 1.29 is 18.4 Å². The van der Waals surface area contributed by atoms with Gasteiger partial charge in [0.2, 0.25) is 10.0 Å². The minimum atomic E-state index is -3.72. The third-order valence-electron chi connectivity index (χ3n) is 4.20. The van der Waals surface area contributed by atoms with Crippen molar-refractivity contribution in [3.8, 4) is 0 Å². The molecule has 0 spiro atoms. The van der Waals surface area contributed by atoms with E-state index in [9.17, 15) is 18.5 Å². The number of aliphatic hydroxyl groups is 1. The first kappa shape index (κ1) is 18.6. The number of nitro benzene ring substituents is 1. The Morgan fingerprint density at radius 1 is 1.38 bits per heavy atom.